The fourth-order valence-corrected chi connectivity index (χ4v) is 2.20. The maximum Gasteiger partial charge on any atom is 0.255 e. The summed E-state index contributed by atoms with van der Waals surface area (Å²) in [6, 6.07) is 9.45. The average molecular weight is 349 g/mol. The number of anilines is 1. The van der Waals surface area contributed by atoms with E-state index in [9.17, 15) is 9.59 Å². The Morgan fingerprint density at radius 3 is 2.08 bits per heavy atom. The maximum atomic E-state index is 12.5. The van der Waals surface area contributed by atoms with Gasteiger partial charge in [0.05, 0.1) is 24.9 Å². The van der Waals surface area contributed by atoms with Crippen molar-refractivity contribution in [2.75, 3.05) is 26.6 Å². The molecule has 2 rings (SSSR count). The molecule has 7 heteroatoms. The second-order valence-electron chi connectivity index (χ2n) is 4.83. The monoisotopic (exact) mass is 348 g/mol. The number of halogens is 1. The summed E-state index contributed by atoms with van der Waals surface area (Å²) in [5, 5.41) is 5.53. The van der Waals surface area contributed by atoms with Gasteiger partial charge in [0, 0.05) is 24.2 Å². The zero-order valence-electron chi connectivity index (χ0n) is 13.5. The van der Waals surface area contributed by atoms with Crippen LogP contribution in [-0.4, -0.2) is 33.1 Å². The van der Waals surface area contributed by atoms with Crippen LogP contribution in [0.1, 0.15) is 20.7 Å². The lowest BCUT2D eigenvalue weighted by Crippen LogP contribution is -2.18. The standard InChI is InChI=1S/C17H17ClN2O4/c1-19-16(21)10-4-5-14(18)15(8-10)20-17(22)11-6-12(23-2)9-13(7-11)24-3/h4-9H,1-3H3,(H,19,21)(H,20,22). The number of nitrogens with one attached hydrogen (secondary N) is 2. The van der Waals surface area contributed by atoms with Crippen LogP contribution < -0.4 is 20.1 Å². The molecule has 0 bridgehead atoms. The Hall–Kier alpha value is -2.73. The Bertz CT molecular complexity index is 755. The average Bonchev–Trinajstić information content (AvgIpc) is 2.62. The Morgan fingerprint density at radius 2 is 1.54 bits per heavy atom. The van der Waals surface area contributed by atoms with Gasteiger partial charge >= 0.3 is 0 Å². The first-order chi connectivity index (χ1) is 11.5. The van der Waals surface area contributed by atoms with Crippen LogP contribution in [0.2, 0.25) is 5.02 Å². The van der Waals surface area contributed by atoms with E-state index in [0.29, 0.717) is 33.3 Å². The summed E-state index contributed by atoms with van der Waals surface area (Å²) in [6.45, 7) is 0. The predicted molar refractivity (Wildman–Crippen MR) is 92.3 cm³/mol. The Kier molecular flexibility index (Phi) is 5.65. The minimum absolute atomic E-state index is 0.273. The number of rotatable bonds is 5. The van der Waals surface area contributed by atoms with E-state index < -0.39 is 5.91 Å². The van der Waals surface area contributed by atoms with Crippen molar-refractivity contribution in [2.45, 2.75) is 0 Å². The molecular formula is C17H17ClN2O4. The molecule has 0 atom stereocenters. The predicted octanol–water partition coefficient (Wildman–Crippen LogP) is 2.97. The van der Waals surface area contributed by atoms with Gasteiger partial charge < -0.3 is 20.1 Å². The molecule has 0 aliphatic rings. The van der Waals surface area contributed by atoms with Gasteiger partial charge in [-0.15, -0.1) is 0 Å². The van der Waals surface area contributed by atoms with Gasteiger partial charge in [0.15, 0.2) is 0 Å². The lowest BCUT2D eigenvalue weighted by atomic mass is 10.1. The molecule has 0 aromatic heterocycles. The van der Waals surface area contributed by atoms with Crippen molar-refractivity contribution in [3.63, 3.8) is 0 Å². The van der Waals surface area contributed by atoms with Crippen molar-refractivity contribution >= 4 is 29.1 Å². The molecule has 2 aromatic carbocycles. The molecule has 126 valence electrons. The number of amides is 2. The topological polar surface area (TPSA) is 76.7 Å². The lowest BCUT2D eigenvalue weighted by Gasteiger charge is -2.11. The van der Waals surface area contributed by atoms with E-state index in [1.54, 1.807) is 30.3 Å². The van der Waals surface area contributed by atoms with Gasteiger partial charge in [-0.3, -0.25) is 9.59 Å². The molecule has 0 aliphatic heterocycles. The molecule has 0 fully saturated rings. The van der Waals surface area contributed by atoms with Crippen LogP contribution in [-0.2, 0) is 0 Å². The number of ether oxygens (including phenoxy) is 2. The molecule has 24 heavy (non-hydrogen) atoms. The molecule has 0 heterocycles. The molecule has 2 aromatic rings. The van der Waals surface area contributed by atoms with Gasteiger partial charge in [-0.1, -0.05) is 11.6 Å². The molecule has 0 saturated carbocycles. The zero-order chi connectivity index (χ0) is 17.7. The third-order valence-electron chi connectivity index (χ3n) is 3.32. The van der Waals surface area contributed by atoms with Gasteiger partial charge in [0.2, 0.25) is 0 Å². The van der Waals surface area contributed by atoms with E-state index in [4.69, 9.17) is 21.1 Å². The highest BCUT2D eigenvalue weighted by molar-refractivity contribution is 6.34. The first-order valence-corrected chi connectivity index (χ1v) is 7.42. The number of hydrogen-bond donors (Lipinski definition) is 2. The smallest absolute Gasteiger partial charge is 0.255 e. The van der Waals surface area contributed by atoms with Crippen LogP contribution in [0.5, 0.6) is 11.5 Å². The second-order valence-corrected chi connectivity index (χ2v) is 5.24. The number of benzene rings is 2. The fourth-order valence-electron chi connectivity index (χ4n) is 2.04. The van der Waals surface area contributed by atoms with Crippen LogP contribution in [0.25, 0.3) is 0 Å². The minimum atomic E-state index is -0.400. The van der Waals surface area contributed by atoms with Crippen molar-refractivity contribution in [3.05, 3.63) is 52.5 Å². The molecule has 6 nitrogen and oxygen atoms in total. The van der Waals surface area contributed by atoms with Gasteiger partial charge in [0.25, 0.3) is 11.8 Å². The SMILES string of the molecule is CNC(=O)c1ccc(Cl)c(NC(=O)c2cc(OC)cc(OC)c2)c1. The largest absolute Gasteiger partial charge is 0.497 e. The van der Waals surface area contributed by atoms with E-state index in [-0.39, 0.29) is 5.91 Å². The summed E-state index contributed by atoms with van der Waals surface area (Å²) in [5.41, 5.74) is 1.07. The van der Waals surface area contributed by atoms with Crippen LogP contribution >= 0.6 is 11.6 Å². The van der Waals surface area contributed by atoms with Crippen molar-refractivity contribution in [2.24, 2.45) is 0 Å². The third kappa shape index (κ3) is 3.97. The van der Waals surface area contributed by atoms with E-state index in [1.165, 1.54) is 27.3 Å². The molecular weight excluding hydrogens is 332 g/mol. The minimum Gasteiger partial charge on any atom is -0.497 e. The lowest BCUT2D eigenvalue weighted by molar-refractivity contribution is 0.0961. The second kappa shape index (κ2) is 7.70. The van der Waals surface area contributed by atoms with Gasteiger partial charge in [-0.2, -0.15) is 0 Å². The van der Waals surface area contributed by atoms with Crippen molar-refractivity contribution < 1.29 is 19.1 Å². The number of carbonyl (C=O) groups excluding carboxylic acids is 2. The highest BCUT2D eigenvalue weighted by atomic mass is 35.5. The molecule has 0 saturated heterocycles. The normalized spacial score (nSPS) is 10.0. The van der Waals surface area contributed by atoms with Gasteiger partial charge in [0.1, 0.15) is 11.5 Å². The van der Waals surface area contributed by atoms with Gasteiger partial charge in [-0.05, 0) is 30.3 Å². The summed E-state index contributed by atoms with van der Waals surface area (Å²) < 4.78 is 10.3. The molecule has 0 radical (unpaired) electrons. The van der Waals surface area contributed by atoms with E-state index in [0.717, 1.165) is 0 Å². The summed E-state index contributed by atoms with van der Waals surface area (Å²) in [7, 11) is 4.53. The molecule has 2 amide bonds. The quantitative estimate of drug-likeness (QED) is 0.871. The van der Waals surface area contributed by atoms with E-state index in [2.05, 4.69) is 10.6 Å². The molecule has 0 spiro atoms. The Balaban J connectivity index is 2.31. The molecule has 0 unspecified atom stereocenters. The van der Waals surface area contributed by atoms with Gasteiger partial charge in [-0.25, -0.2) is 0 Å². The summed E-state index contributed by atoms with van der Waals surface area (Å²) in [5.74, 6) is 0.308. The van der Waals surface area contributed by atoms with Crippen molar-refractivity contribution in [1.82, 2.24) is 5.32 Å². The zero-order valence-corrected chi connectivity index (χ0v) is 14.2. The number of carbonyl (C=O) groups is 2. The van der Waals surface area contributed by atoms with Crippen molar-refractivity contribution in [1.29, 1.82) is 0 Å². The Morgan fingerprint density at radius 1 is 0.917 bits per heavy atom. The van der Waals surface area contributed by atoms with E-state index in [1.807, 2.05) is 0 Å². The maximum absolute atomic E-state index is 12.5. The van der Waals surface area contributed by atoms with Crippen LogP contribution in [0.3, 0.4) is 0 Å². The number of methoxy groups -OCH3 is 2. The summed E-state index contributed by atoms with van der Waals surface area (Å²) in [4.78, 5) is 24.2. The molecule has 2 N–H and O–H groups in total. The number of hydrogen-bond acceptors (Lipinski definition) is 4. The van der Waals surface area contributed by atoms with Crippen LogP contribution in [0.4, 0.5) is 5.69 Å². The summed E-state index contributed by atoms with van der Waals surface area (Å²) >= 11 is 6.10. The highest BCUT2D eigenvalue weighted by Gasteiger charge is 2.13. The molecule has 0 aliphatic carbocycles. The first-order valence-electron chi connectivity index (χ1n) is 7.04. The highest BCUT2D eigenvalue weighted by Crippen LogP contribution is 2.26. The third-order valence-corrected chi connectivity index (χ3v) is 3.65. The van der Waals surface area contributed by atoms with Crippen molar-refractivity contribution in [3.8, 4) is 11.5 Å². The Labute approximate surface area is 144 Å². The summed E-state index contributed by atoms with van der Waals surface area (Å²) in [6.07, 6.45) is 0. The fraction of sp³-hybridized carbons (Fsp3) is 0.176. The van der Waals surface area contributed by atoms with Crippen LogP contribution in [0.15, 0.2) is 36.4 Å². The van der Waals surface area contributed by atoms with E-state index >= 15 is 0 Å². The first kappa shape index (κ1) is 17.6. The van der Waals surface area contributed by atoms with Crippen LogP contribution in [0, 0.1) is 0 Å².